The topological polar surface area (TPSA) is 90.4 Å². The lowest BCUT2D eigenvalue weighted by Gasteiger charge is -2.17. The van der Waals surface area contributed by atoms with Gasteiger partial charge in [-0.3, -0.25) is 4.79 Å². The van der Waals surface area contributed by atoms with E-state index in [0.717, 1.165) is 16.8 Å². The first-order chi connectivity index (χ1) is 19.5. The summed E-state index contributed by atoms with van der Waals surface area (Å²) in [6.07, 6.45) is -0.759. The van der Waals surface area contributed by atoms with Crippen LogP contribution in [0.25, 0.3) is 33.5 Å². The lowest BCUT2D eigenvalue weighted by molar-refractivity contribution is -0.124. The minimum absolute atomic E-state index is 0.264. The molecule has 0 fully saturated rings. The van der Waals surface area contributed by atoms with Crippen LogP contribution in [0.15, 0.2) is 97.1 Å². The molecule has 1 atom stereocenters. The van der Waals surface area contributed by atoms with Crippen molar-refractivity contribution in [3.8, 4) is 28.3 Å². The number of hydrogen-bond donors (Lipinski definition) is 1. The molecule has 40 heavy (non-hydrogen) atoms. The molecule has 0 saturated carbocycles. The molecule has 0 aliphatic carbocycles. The summed E-state index contributed by atoms with van der Waals surface area (Å²) in [5.41, 5.74) is 5.11. The molecule has 1 aromatic heterocycles. The highest BCUT2D eigenvalue weighted by Gasteiger charge is 2.24. The van der Waals surface area contributed by atoms with E-state index in [1.54, 1.807) is 43.3 Å². The molecular weight excluding hydrogens is 526 g/mol. The molecule has 1 amide bonds. The van der Waals surface area contributed by atoms with Crippen LogP contribution in [-0.2, 0) is 9.53 Å². The van der Waals surface area contributed by atoms with Gasteiger partial charge in [-0.15, -0.1) is 0 Å². The molecule has 1 heterocycles. The highest BCUT2D eigenvalue weighted by molar-refractivity contribution is 6.31. The van der Waals surface area contributed by atoms with Crippen molar-refractivity contribution in [3.63, 3.8) is 0 Å². The van der Waals surface area contributed by atoms with Crippen molar-refractivity contribution in [1.29, 1.82) is 0 Å². The first kappa shape index (κ1) is 26.8. The van der Waals surface area contributed by atoms with E-state index in [4.69, 9.17) is 31.0 Å². The van der Waals surface area contributed by atoms with Crippen molar-refractivity contribution in [2.45, 2.75) is 19.4 Å². The highest BCUT2D eigenvalue weighted by atomic mass is 35.5. The lowest BCUT2D eigenvalue weighted by atomic mass is 10.0. The highest BCUT2D eigenvalue weighted by Crippen LogP contribution is 2.31. The van der Waals surface area contributed by atoms with Gasteiger partial charge in [0.15, 0.2) is 6.10 Å². The summed E-state index contributed by atoms with van der Waals surface area (Å²) < 4.78 is 10.9. The smallest absolute Gasteiger partial charge is 0.338 e. The number of rotatable bonds is 8. The second-order valence-corrected chi connectivity index (χ2v) is 9.43. The zero-order valence-electron chi connectivity index (χ0n) is 21.9. The molecule has 4 aromatic carbocycles. The van der Waals surface area contributed by atoms with Gasteiger partial charge in [-0.2, -0.15) is 0 Å². The maximum Gasteiger partial charge on any atom is 0.338 e. The van der Waals surface area contributed by atoms with Crippen LogP contribution in [0.3, 0.4) is 0 Å². The summed E-state index contributed by atoms with van der Waals surface area (Å²) in [6, 6.07) is 29.5. The summed E-state index contributed by atoms with van der Waals surface area (Å²) in [5.74, 6) is -0.691. The number of ether oxygens (including phenoxy) is 2. The number of anilines is 1. The average molecular weight is 552 g/mol. The molecule has 1 N–H and O–H groups in total. The summed E-state index contributed by atoms with van der Waals surface area (Å²) in [4.78, 5) is 35.9. The van der Waals surface area contributed by atoms with Crippen molar-refractivity contribution < 1.29 is 19.1 Å². The van der Waals surface area contributed by atoms with Gasteiger partial charge in [0.05, 0.1) is 40.8 Å². The molecule has 0 radical (unpaired) electrons. The maximum atomic E-state index is 13.1. The van der Waals surface area contributed by atoms with Gasteiger partial charge >= 0.3 is 5.97 Å². The SMILES string of the molecule is CCC(OC(=O)c1ccc2nc(-c3ccccc3)c(-c3ccccc3)nc2c1)C(=O)Nc1cc(Cl)ccc1OC. The Labute approximate surface area is 236 Å². The Bertz CT molecular complexity index is 1680. The Kier molecular flexibility index (Phi) is 8.03. The van der Waals surface area contributed by atoms with Gasteiger partial charge in [0.2, 0.25) is 0 Å². The Balaban J connectivity index is 1.43. The van der Waals surface area contributed by atoms with Gasteiger partial charge in [0.25, 0.3) is 5.91 Å². The van der Waals surface area contributed by atoms with Crippen molar-refractivity contribution in [2.24, 2.45) is 0 Å². The summed E-state index contributed by atoms with van der Waals surface area (Å²) >= 11 is 6.07. The predicted octanol–water partition coefficient (Wildman–Crippen LogP) is 7.20. The molecule has 0 bridgehead atoms. The van der Waals surface area contributed by atoms with Gasteiger partial charge in [-0.05, 0) is 42.8 Å². The van der Waals surface area contributed by atoms with Crippen molar-refractivity contribution >= 4 is 40.2 Å². The molecule has 0 spiro atoms. The number of esters is 1. The number of nitrogens with one attached hydrogen (secondary N) is 1. The van der Waals surface area contributed by atoms with E-state index in [1.165, 1.54) is 7.11 Å². The van der Waals surface area contributed by atoms with Crippen LogP contribution in [0, 0.1) is 0 Å². The molecule has 0 aliphatic rings. The number of carbonyl (C=O) groups is 2. The number of nitrogens with zero attached hydrogens (tertiary/aromatic N) is 2. The van der Waals surface area contributed by atoms with E-state index < -0.39 is 18.0 Å². The monoisotopic (exact) mass is 551 g/mol. The van der Waals surface area contributed by atoms with E-state index in [-0.39, 0.29) is 12.0 Å². The zero-order chi connectivity index (χ0) is 28.1. The summed E-state index contributed by atoms with van der Waals surface area (Å²) in [6.45, 7) is 1.76. The molecule has 0 saturated heterocycles. The third-order valence-electron chi connectivity index (χ3n) is 6.33. The van der Waals surface area contributed by atoms with Crippen molar-refractivity contribution in [2.75, 3.05) is 12.4 Å². The van der Waals surface area contributed by atoms with E-state index in [0.29, 0.717) is 33.2 Å². The number of fused-ring (bicyclic) bond motifs is 1. The van der Waals surface area contributed by atoms with Crippen LogP contribution >= 0.6 is 11.6 Å². The lowest BCUT2D eigenvalue weighted by Crippen LogP contribution is -2.32. The van der Waals surface area contributed by atoms with Gasteiger partial charge in [0, 0.05) is 16.1 Å². The van der Waals surface area contributed by atoms with E-state index in [2.05, 4.69) is 5.32 Å². The molecule has 5 aromatic rings. The minimum Gasteiger partial charge on any atom is -0.495 e. The number of methoxy groups -OCH3 is 1. The third-order valence-corrected chi connectivity index (χ3v) is 6.56. The van der Waals surface area contributed by atoms with Gasteiger partial charge < -0.3 is 14.8 Å². The fourth-order valence-corrected chi connectivity index (χ4v) is 4.46. The fraction of sp³-hybridized carbons (Fsp3) is 0.125. The second-order valence-electron chi connectivity index (χ2n) is 8.99. The van der Waals surface area contributed by atoms with Crippen molar-refractivity contribution in [1.82, 2.24) is 9.97 Å². The van der Waals surface area contributed by atoms with Crippen LogP contribution < -0.4 is 10.1 Å². The van der Waals surface area contributed by atoms with Gasteiger partial charge in [-0.25, -0.2) is 14.8 Å². The van der Waals surface area contributed by atoms with Gasteiger partial charge in [0.1, 0.15) is 5.75 Å². The molecule has 8 heteroatoms. The van der Waals surface area contributed by atoms with E-state index >= 15 is 0 Å². The largest absolute Gasteiger partial charge is 0.495 e. The average Bonchev–Trinajstić information content (AvgIpc) is 2.99. The molecule has 5 rings (SSSR count). The number of halogens is 1. The Morgan fingerprint density at radius 3 is 2.05 bits per heavy atom. The predicted molar refractivity (Wildman–Crippen MR) is 157 cm³/mol. The number of carbonyl (C=O) groups excluding carboxylic acids is 2. The van der Waals surface area contributed by atoms with Gasteiger partial charge in [-0.1, -0.05) is 79.2 Å². The number of benzene rings is 4. The maximum absolute atomic E-state index is 13.1. The zero-order valence-corrected chi connectivity index (χ0v) is 22.7. The Morgan fingerprint density at radius 2 is 1.45 bits per heavy atom. The van der Waals surface area contributed by atoms with Crippen LogP contribution in [-0.4, -0.2) is 35.1 Å². The molecular formula is C32H26ClN3O4. The summed E-state index contributed by atoms with van der Waals surface area (Å²) in [5, 5.41) is 3.17. The minimum atomic E-state index is -1.03. The van der Waals surface area contributed by atoms with Crippen molar-refractivity contribution in [3.05, 3.63) is 108 Å². The Morgan fingerprint density at radius 1 is 0.825 bits per heavy atom. The van der Waals surface area contributed by atoms with Crippen LogP contribution in [0.1, 0.15) is 23.7 Å². The first-order valence-corrected chi connectivity index (χ1v) is 13.1. The standard InChI is InChI=1S/C32H26ClN3O4/c1-3-27(31(37)36-26-19-23(33)15-17-28(26)39-2)40-32(38)22-14-16-24-25(18-22)35-30(21-12-8-5-9-13-21)29(34-24)20-10-6-4-7-11-20/h4-19,27H,3H2,1-2H3,(H,36,37). The second kappa shape index (κ2) is 12.0. The Hall–Kier alpha value is -4.75. The molecule has 7 nitrogen and oxygen atoms in total. The fourth-order valence-electron chi connectivity index (χ4n) is 4.29. The molecule has 200 valence electrons. The number of amides is 1. The van der Waals surface area contributed by atoms with Crippen LogP contribution in [0.4, 0.5) is 5.69 Å². The van der Waals surface area contributed by atoms with E-state index in [9.17, 15) is 9.59 Å². The van der Waals surface area contributed by atoms with Crippen LogP contribution in [0.5, 0.6) is 5.75 Å². The number of aromatic nitrogens is 2. The third kappa shape index (κ3) is 5.80. The quantitative estimate of drug-likeness (QED) is 0.205. The number of hydrogen-bond acceptors (Lipinski definition) is 6. The summed E-state index contributed by atoms with van der Waals surface area (Å²) in [7, 11) is 1.49. The first-order valence-electron chi connectivity index (χ1n) is 12.7. The molecule has 1 unspecified atom stereocenters. The molecule has 0 aliphatic heterocycles. The van der Waals surface area contributed by atoms with Crippen LogP contribution in [0.2, 0.25) is 5.02 Å². The van der Waals surface area contributed by atoms with E-state index in [1.807, 2.05) is 60.7 Å². The normalized spacial score (nSPS) is 11.6.